The van der Waals surface area contributed by atoms with Gasteiger partial charge in [-0.25, -0.2) is 4.39 Å². The summed E-state index contributed by atoms with van der Waals surface area (Å²) in [6, 6.07) is 14.0. The van der Waals surface area contributed by atoms with E-state index in [0.29, 0.717) is 6.54 Å². The standard InChI is InChI=1S/C17H16FNO2S/c18-13-6-1-3-8-15(13)21-12-17(20)19-10-5-11-22-16-9-4-2-7-14(16)19/h1-4,6-9H,5,10-12H2. The van der Waals surface area contributed by atoms with Crippen LogP contribution in [0.2, 0.25) is 0 Å². The normalized spacial score (nSPS) is 14.1. The number of fused-ring (bicyclic) bond motifs is 1. The van der Waals surface area contributed by atoms with Crippen molar-refractivity contribution in [3.05, 3.63) is 54.3 Å². The van der Waals surface area contributed by atoms with Crippen molar-refractivity contribution in [2.75, 3.05) is 23.8 Å². The fourth-order valence-corrected chi connectivity index (χ4v) is 3.36. The number of rotatable bonds is 3. The molecule has 114 valence electrons. The van der Waals surface area contributed by atoms with Gasteiger partial charge in [-0.3, -0.25) is 4.79 Å². The zero-order valence-electron chi connectivity index (χ0n) is 12.0. The van der Waals surface area contributed by atoms with Crippen molar-refractivity contribution in [1.29, 1.82) is 0 Å². The monoisotopic (exact) mass is 317 g/mol. The number of ether oxygens (including phenoxy) is 1. The molecule has 1 heterocycles. The number of para-hydroxylation sites is 2. The van der Waals surface area contributed by atoms with Crippen LogP contribution >= 0.6 is 11.8 Å². The molecule has 22 heavy (non-hydrogen) atoms. The van der Waals surface area contributed by atoms with Gasteiger partial charge in [0, 0.05) is 11.4 Å². The van der Waals surface area contributed by atoms with Gasteiger partial charge in [0.25, 0.3) is 5.91 Å². The quantitative estimate of drug-likeness (QED) is 0.864. The molecule has 0 atom stereocenters. The fraction of sp³-hybridized carbons (Fsp3) is 0.235. The predicted octanol–water partition coefficient (Wildman–Crippen LogP) is 3.73. The Morgan fingerprint density at radius 1 is 1.18 bits per heavy atom. The lowest BCUT2D eigenvalue weighted by Gasteiger charge is -2.22. The Balaban J connectivity index is 1.73. The van der Waals surface area contributed by atoms with Crippen LogP contribution in [0.25, 0.3) is 0 Å². The molecule has 3 rings (SSSR count). The zero-order chi connectivity index (χ0) is 15.4. The van der Waals surface area contributed by atoms with Crippen LogP contribution in [0.5, 0.6) is 5.75 Å². The second-order valence-electron chi connectivity index (χ2n) is 4.93. The summed E-state index contributed by atoms with van der Waals surface area (Å²) in [5.41, 5.74) is 0.909. The molecule has 1 aliphatic heterocycles. The number of hydrogen-bond donors (Lipinski definition) is 0. The van der Waals surface area contributed by atoms with Crippen LogP contribution < -0.4 is 9.64 Å². The van der Waals surface area contributed by atoms with E-state index in [1.165, 1.54) is 12.1 Å². The number of hydrogen-bond acceptors (Lipinski definition) is 3. The van der Waals surface area contributed by atoms with E-state index in [0.717, 1.165) is 22.8 Å². The van der Waals surface area contributed by atoms with Crippen LogP contribution in [0.3, 0.4) is 0 Å². The third-order valence-corrected chi connectivity index (χ3v) is 4.58. The molecule has 0 N–H and O–H groups in total. The molecule has 3 nitrogen and oxygen atoms in total. The Hall–Kier alpha value is -2.01. The van der Waals surface area contributed by atoms with E-state index in [2.05, 4.69) is 0 Å². The van der Waals surface area contributed by atoms with Gasteiger partial charge in [-0.2, -0.15) is 0 Å². The Kier molecular flexibility index (Phi) is 4.63. The van der Waals surface area contributed by atoms with Crippen LogP contribution in [0.4, 0.5) is 10.1 Å². The van der Waals surface area contributed by atoms with Crippen molar-refractivity contribution in [3.8, 4) is 5.75 Å². The molecular formula is C17H16FNO2S. The summed E-state index contributed by atoms with van der Waals surface area (Å²) in [4.78, 5) is 15.3. The molecular weight excluding hydrogens is 301 g/mol. The highest BCUT2D eigenvalue weighted by Crippen LogP contribution is 2.33. The number of amides is 1. The number of anilines is 1. The first-order valence-corrected chi connectivity index (χ1v) is 8.14. The molecule has 0 fully saturated rings. The van der Waals surface area contributed by atoms with Crippen molar-refractivity contribution in [2.45, 2.75) is 11.3 Å². The molecule has 1 amide bonds. The van der Waals surface area contributed by atoms with Gasteiger partial charge in [-0.05, 0) is 36.4 Å². The van der Waals surface area contributed by atoms with E-state index in [1.54, 1.807) is 28.8 Å². The van der Waals surface area contributed by atoms with Gasteiger partial charge >= 0.3 is 0 Å². The first-order valence-electron chi connectivity index (χ1n) is 7.15. The third kappa shape index (κ3) is 3.25. The second kappa shape index (κ2) is 6.83. The van der Waals surface area contributed by atoms with Crippen LogP contribution in [0.1, 0.15) is 6.42 Å². The smallest absolute Gasteiger partial charge is 0.264 e. The zero-order valence-corrected chi connectivity index (χ0v) is 12.8. The molecule has 0 aromatic heterocycles. The van der Waals surface area contributed by atoms with Gasteiger partial charge in [0.2, 0.25) is 0 Å². The van der Waals surface area contributed by atoms with Gasteiger partial charge in [-0.1, -0.05) is 24.3 Å². The van der Waals surface area contributed by atoms with Crippen LogP contribution in [0, 0.1) is 5.82 Å². The average molecular weight is 317 g/mol. The molecule has 0 saturated carbocycles. The number of halogens is 1. The fourth-order valence-electron chi connectivity index (χ4n) is 2.37. The van der Waals surface area contributed by atoms with Crippen molar-refractivity contribution >= 4 is 23.4 Å². The molecule has 0 unspecified atom stereocenters. The van der Waals surface area contributed by atoms with Crippen molar-refractivity contribution < 1.29 is 13.9 Å². The first kappa shape index (κ1) is 14.9. The second-order valence-corrected chi connectivity index (χ2v) is 6.07. The summed E-state index contributed by atoms with van der Waals surface area (Å²) in [7, 11) is 0. The largest absolute Gasteiger partial charge is 0.481 e. The van der Waals surface area contributed by atoms with Gasteiger partial charge in [0.1, 0.15) is 0 Å². The highest BCUT2D eigenvalue weighted by atomic mass is 32.2. The minimum Gasteiger partial charge on any atom is -0.481 e. The summed E-state index contributed by atoms with van der Waals surface area (Å²) >= 11 is 1.75. The molecule has 0 spiro atoms. The van der Waals surface area contributed by atoms with E-state index in [9.17, 15) is 9.18 Å². The van der Waals surface area contributed by atoms with E-state index in [4.69, 9.17) is 4.74 Å². The third-order valence-electron chi connectivity index (χ3n) is 3.43. The maximum Gasteiger partial charge on any atom is 0.264 e. The Morgan fingerprint density at radius 3 is 2.82 bits per heavy atom. The lowest BCUT2D eigenvalue weighted by molar-refractivity contribution is -0.120. The van der Waals surface area contributed by atoms with Crippen LogP contribution in [-0.2, 0) is 4.79 Å². The molecule has 2 aromatic carbocycles. The maximum atomic E-state index is 13.5. The van der Waals surface area contributed by atoms with E-state index < -0.39 is 5.82 Å². The lowest BCUT2D eigenvalue weighted by Crippen LogP contribution is -2.35. The number of carbonyl (C=O) groups is 1. The Morgan fingerprint density at radius 2 is 1.95 bits per heavy atom. The number of carbonyl (C=O) groups excluding carboxylic acids is 1. The summed E-state index contributed by atoms with van der Waals surface area (Å²) in [5, 5.41) is 0. The maximum absolute atomic E-state index is 13.5. The molecule has 5 heteroatoms. The van der Waals surface area contributed by atoms with Crippen LogP contribution in [0.15, 0.2) is 53.4 Å². The Labute approximate surface area is 133 Å². The van der Waals surface area contributed by atoms with Crippen LogP contribution in [-0.4, -0.2) is 24.8 Å². The SMILES string of the molecule is O=C(COc1ccccc1F)N1CCCSc2ccccc21. The van der Waals surface area contributed by atoms with Gasteiger partial charge < -0.3 is 9.64 Å². The van der Waals surface area contributed by atoms with E-state index in [-0.39, 0.29) is 18.3 Å². The summed E-state index contributed by atoms with van der Waals surface area (Å²) in [6.07, 6.45) is 0.921. The molecule has 0 radical (unpaired) electrons. The molecule has 2 aromatic rings. The van der Waals surface area contributed by atoms with Crippen molar-refractivity contribution in [3.63, 3.8) is 0 Å². The predicted molar refractivity (Wildman–Crippen MR) is 86.0 cm³/mol. The first-order chi connectivity index (χ1) is 10.8. The van der Waals surface area contributed by atoms with Gasteiger partial charge in [-0.15, -0.1) is 11.8 Å². The highest BCUT2D eigenvalue weighted by Gasteiger charge is 2.21. The number of thioether (sulfide) groups is 1. The Bertz CT molecular complexity index is 677. The minimum absolute atomic E-state index is 0.105. The van der Waals surface area contributed by atoms with Crippen molar-refractivity contribution in [2.24, 2.45) is 0 Å². The topological polar surface area (TPSA) is 29.5 Å². The lowest BCUT2D eigenvalue weighted by atomic mass is 10.2. The summed E-state index contributed by atoms with van der Waals surface area (Å²) < 4.78 is 18.9. The van der Waals surface area contributed by atoms with E-state index >= 15 is 0 Å². The molecule has 1 aliphatic rings. The number of benzene rings is 2. The molecule has 0 bridgehead atoms. The highest BCUT2D eigenvalue weighted by molar-refractivity contribution is 7.99. The average Bonchev–Trinajstić information content (AvgIpc) is 2.76. The molecule has 0 aliphatic carbocycles. The van der Waals surface area contributed by atoms with Gasteiger partial charge in [0.15, 0.2) is 18.2 Å². The number of nitrogens with zero attached hydrogens (tertiary/aromatic N) is 1. The summed E-state index contributed by atoms with van der Waals surface area (Å²) in [6.45, 7) is 0.489. The summed E-state index contributed by atoms with van der Waals surface area (Å²) in [5.74, 6) is 0.475. The minimum atomic E-state index is -0.456. The van der Waals surface area contributed by atoms with Gasteiger partial charge in [0.05, 0.1) is 5.69 Å². The molecule has 0 saturated heterocycles. The van der Waals surface area contributed by atoms with Crippen molar-refractivity contribution in [1.82, 2.24) is 0 Å². The van der Waals surface area contributed by atoms with E-state index in [1.807, 2.05) is 24.3 Å².